The van der Waals surface area contributed by atoms with Crippen LogP contribution in [0.15, 0.2) is 0 Å². The largest absolute Gasteiger partial charge is 1.00 e. The fourth-order valence-electron chi connectivity index (χ4n) is 0. The van der Waals surface area contributed by atoms with Crippen molar-refractivity contribution in [2.75, 3.05) is 0 Å². The van der Waals surface area contributed by atoms with Crippen molar-refractivity contribution in [3.63, 3.8) is 0 Å². The van der Waals surface area contributed by atoms with Crippen LogP contribution in [0.25, 0.3) is 0 Å². The normalized spacial score (nSPS) is 8.29. The third-order valence-electron chi connectivity index (χ3n) is 0. The molecule has 0 aromatic heterocycles. The smallest absolute Gasteiger partial charge is 0.759 e. The quantitative estimate of drug-likeness (QED) is 0.123. The zero-order valence-corrected chi connectivity index (χ0v) is 106. The predicted octanol–water partition coefficient (Wildman–Crippen LogP) is -88.0. The summed E-state index contributed by atoms with van der Waals surface area (Å²) < 4.78 is 409. The van der Waals surface area contributed by atoms with Crippen molar-refractivity contribution in [2.45, 2.75) is 0 Å². The molecule has 48 nitrogen and oxygen atoms in total. The minimum absolute atomic E-state index is 0. The Morgan fingerprint density at radius 1 is 0.0833 bits per heavy atom. The molecule has 0 fully saturated rings. The molecule has 0 saturated carbocycles. The molecule has 0 spiro atoms. The van der Waals surface area contributed by atoms with Gasteiger partial charge in [-0.1, -0.05) is 0 Å². The van der Waals surface area contributed by atoms with Crippen LogP contribution >= 0.6 is 0 Å². The second-order valence-electron chi connectivity index (χ2n) is 4.90. The van der Waals surface area contributed by atoms with Gasteiger partial charge in [-0.2, -0.15) is 0 Å². The molecule has 384 valence electrons. The van der Waals surface area contributed by atoms with E-state index in [4.69, 9.17) is 210 Å². The van der Waals surface area contributed by atoms with Crippen LogP contribution < -0.4 is 709 Å². The zero-order chi connectivity index (χ0) is 54.0. The van der Waals surface area contributed by atoms with Crippen LogP contribution in [0.2, 0.25) is 0 Å². The van der Waals surface area contributed by atoms with Gasteiger partial charge in [-0.3, -0.25) is 101 Å². The predicted molar refractivity (Wildman–Crippen MR) is 126 cm³/mol. The zero-order valence-electron chi connectivity index (χ0n) is 48.5. The molecular formula is Na24O48S12. The number of rotatable bonds is 0. The van der Waals surface area contributed by atoms with Gasteiger partial charge in [0.05, 0.1) is 0 Å². The Kier molecular flexibility index (Phi) is 366. The minimum Gasteiger partial charge on any atom is -0.759 e. The van der Waals surface area contributed by atoms with Crippen molar-refractivity contribution in [3.8, 4) is 0 Å². The van der Waals surface area contributed by atoms with E-state index in [-0.39, 0.29) is 709 Å². The van der Waals surface area contributed by atoms with Crippen LogP contribution in [-0.4, -0.2) is 210 Å². The average Bonchev–Trinajstić information content (AvgIpc) is 2.48. The molecule has 0 heterocycles. The molecule has 0 atom stereocenters. The summed E-state index contributed by atoms with van der Waals surface area (Å²) in [6.45, 7) is 0. The Bertz CT molecular complexity index is 1760. The van der Waals surface area contributed by atoms with Gasteiger partial charge in [0.2, 0.25) is 0 Å². The SMILES string of the molecule is O=S(=O)([O-])[O-].O=S(=O)([O-])[O-].O=S(=O)([O-])[O-].O=S(=O)([O-])[O-].O=S(=O)([O-])[O-].O=S(=O)([O-])[O-].O=S(=O)([O-])[O-].O=S(=O)([O-])[O-].O=S(=O)([O-])[O-].O=S(=O)([O-])[O-].O=S(=O)([O-])[O-].O=S(=O)([O-])[O-].[Na+].[Na+].[Na+].[Na+].[Na+].[Na+].[Na+].[Na+].[Na+].[Na+].[Na+].[Na+].[Na+].[Na+].[Na+].[Na+].[Na+].[Na+].[Na+].[Na+].[Na+].[Na+].[Na+].[Na+]. The third-order valence-corrected chi connectivity index (χ3v) is 0. The molecule has 0 radical (unpaired) electrons. The van der Waals surface area contributed by atoms with Gasteiger partial charge in [-0.05, 0) is 0 Å². The van der Waals surface area contributed by atoms with Crippen molar-refractivity contribution < 1.29 is 920 Å². The van der Waals surface area contributed by atoms with Crippen LogP contribution in [0, 0.1) is 0 Å². The summed E-state index contributed by atoms with van der Waals surface area (Å²) in [7, 11) is -62.0. The topological polar surface area (TPSA) is 963 Å². The van der Waals surface area contributed by atoms with Crippen molar-refractivity contribution in [1.82, 2.24) is 0 Å². The Balaban J connectivity index is -0.00000000858. The molecule has 0 aromatic carbocycles. The molecule has 0 aliphatic heterocycles. The molecule has 0 aliphatic rings. The van der Waals surface area contributed by atoms with Gasteiger partial charge in [0, 0.05) is 125 Å². The molecule has 0 N–H and O–H groups in total. The molecule has 0 amide bonds. The van der Waals surface area contributed by atoms with E-state index in [1.54, 1.807) is 0 Å². The van der Waals surface area contributed by atoms with Crippen LogP contribution in [0.3, 0.4) is 0 Å². The van der Waals surface area contributed by atoms with Crippen LogP contribution in [0.4, 0.5) is 0 Å². The first-order chi connectivity index (χ1) is 24.0. The van der Waals surface area contributed by atoms with E-state index in [9.17, 15) is 0 Å². The monoisotopic (exact) mass is 1700 g/mol. The maximum atomic E-state index is 8.52. The van der Waals surface area contributed by atoms with Gasteiger partial charge in [0.25, 0.3) is 0 Å². The molecule has 84 heteroatoms. The van der Waals surface area contributed by atoms with E-state index in [1.165, 1.54) is 0 Å². The van der Waals surface area contributed by atoms with E-state index in [1.807, 2.05) is 0 Å². The second kappa shape index (κ2) is 129. The van der Waals surface area contributed by atoms with Crippen molar-refractivity contribution in [2.24, 2.45) is 0 Å². The van der Waals surface area contributed by atoms with Gasteiger partial charge in [0.1, 0.15) is 0 Å². The summed E-state index contributed by atoms with van der Waals surface area (Å²) in [5, 5.41) is 0. The summed E-state index contributed by atoms with van der Waals surface area (Å²) in [6.07, 6.45) is 0. The maximum Gasteiger partial charge on any atom is 1.00 e. The van der Waals surface area contributed by atoms with E-state index in [0.29, 0.717) is 0 Å². The Morgan fingerprint density at radius 3 is 0.0833 bits per heavy atom. The van der Waals surface area contributed by atoms with Gasteiger partial charge in [-0.25, -0.2) is 0 Å². The van der Waals surface area contributed by atoms with E-state index in [2.05, 4.69) is 0 Å². The molecule has 0 bridgehead atoms. The third kappa shape index (κ3) is 2220. The molecular weight excluding hydrogens is 1700 g/mol. The summed E-state index contributed by atoms with van der Waals surface area (Å²) in [4.78, 5) is 0. The summed E-state index contributed by atoms with van der Waals surface area (Å²) in [6, 6.07) is 0. The van der Waals surface area contributed by atoms with Crippen LogP contribution in [-0.2, 0) is 125 Å². The van der Waals surface area contributed by atoms with Crippen LogP contribution in [0.5, 0.6) is 0 Å². The first-order valence-corrected chi connectivity index (χ1v) is 24.0. The Labute approximate surface area is 1010 Å². The first-order valence-electron chi connectivity index (χ1n) is 8.00. The molecule has 84 heavy (non-hydrogen) atoms. The van der Waals surface area contributed by atoms with Crippen molar-refractivity contribution in [3.05, 3.63) is 0 Å². The maximum absolute atomic E-state index is 8.52. The number of hydrogen-bond donors (Lipinski definition) is 0. The molecule has 0 aliphatic carbocycles. The van der Waals surface area contributed by atoms with Crippen molar-refractivity contribution >= 4 is 125 Å². The minimum atomic E-state index is -5.17. The Hall–Kier alpha value is 22.4. The van der Waals surface area contributed by atoms with Gasteiger partial charge in [0.15, 0.2) is 0 Å². The standard InChI is InChI=1S/24Na.12H2O4S/c;;;;;;;;;;;;;;;;;;;;;;;;12*1-5(2,3)4/h;;;;;;;;;;;;;;;;;;;;;;;;12*(H2,1,2,3,4)/q24*+1;;;;;;;;;;;;/p-24. The Morgan fingerprint density at radius 2 is 0.0833 bits per heavy atom. The van der Waals surface area contributed by atoms with E-state index >= 15 is 0 Å². The van der Waals surface area contributed by atoms with Crippen LogP contribution in [0.1, 0.15) is 0 Å². The molecule has 0 rings (SSSR count). The summed E-state index contributed by atoms with van der Waals surface area (Å²) in [5.74, 6) is 0. The van der Waals surface area contributed by atoms with E-state index in [0.717, 1.165) is 0 Å². The fourth-order valence-corrected chi connectivity index (χ4v) is 0. The van der Waals surface area contributed by atoms with E-state index < -0.39 is 125 Å². The average molecular weight is 1700 g/mol. The van der Waals surface area contributed by atoms with Gasteiger partial charge >= 0.3 is 709 Å². The van der Waals surface area contributed by atoms with Gasteiger partial charge < -0.3 is 109 Å². The number of hydrogen-bond acceptors (Lipinski definition) is 48. The molecule has 0 saturated heterocycles. The first kappa shape index (κ1) is 238. The molecule has 0 unspecified atom stereocenters. The van der Waals surface area contributed by atoms with Gasteiger partial charge in [-0.15, -0.1) is 0 Å². The summed E-state index contributed by atoms with van der Waals surface area (Å²) >= 11 is 0. The van der Waals surface area contributed by atoms with Crippen molar-refractivity contribution in [1.29, 1.82) is 0 Å². The second-order valence-corrected chi connectivity index (χ2v) is 14.7. The fraction of sp³-hybridized carbons (Fsp3) is 0. The summed E-state index contributed by atoms with van der Waals surface area (Å²) in [5.41, 5.74) is 0. The molecule has 0 aromatic rings.